The summed E-state index contributed by atoms with van der Waals surface area (Å²) in [4.78, 5) is 19.2. The molecule has 5 nitrogen and oxygen atoms in total. The molecule has 2 aromatic rings. The number of nitrogen functional groups attached to an aromatic ring is 1. The van der Waals surface area contributed by atoms with Crippen LogP contribution in [0.3, 0.4) is 0 Å². The summed E-state index contributed by atoms with van der Waals surface area (Å²) in [6, 6.07) is 5.27. The maximum Gasteiger partial charge on any atom is 0.198 e. The van der Waals surface area contributed by atoms with E-state index in [0.29, 0.717) is 22.5 Å². The fourth-order valence-corrected chi connectivity index (χ4v) is 1.42. The molecule has 2 rings (SSSR count). The summed E-state index contributed by atoms with van der Waals surface area (Å²) in [5.74, 6) is 0.882. The van der Waals surface area contributed by atoms with Gasteiger partial charge in [0.25, 0.3) is 0 Å². The Morgan fingerprint density at radius 3 is 2.75 bits per heavy atom. The second kappa shape index (κ2) is 3.77. The van der Waals surface area contributed by atoms with Crippen molar-refractivity contribution < 1.29 is 9.53 Å². The monoisotopic (exact) mass is 217 g/mol. The van der Waals surface area contributed by atoms with E-state index < -0.39 is 0 Å². The molecule has 1 heterocycles. The summed E-state index contributed by atoms with van der Waals surface area (Å²) < 4.78 is 5.08. The molecule has 5 heteroatoms. The largest absolute Gasteiger partial charge is 0.497 e. The van der Waals surface area contributed by atoms with Gasteiger partial charge in [-0.1, -0.05) is 0 Å². The normalized spacial score (nSPS) is 10.4. The molecule has 0 aliphatic heterocycles. The van der Waals surface area contributed by atoms with Gasteiger partial charge in [-0.05, 0) is 12.1 Å². The highest BCUT2D eigenvalue weighted by Gasteiger charge is 2.09. The zero-order valence-electron chi connectivity index (χ0n) is 9.02. The third kappa shape index (κ3) is 1.67. The van der Waals surface area contributed by atoms with E-state index in [9.17, 15) is 4.79 Å². The summed E-state index contributed by atoms with van der Waals surface area (Å²) in [7, 11) is 1.57. The van der Waals surface area contributed by atoms with Gasteiger partial charge in [0.2, 0.25) is 0 Å². The molecule has 0 fully saturated rings. The number of carbonyl (C=O) groups is 1. The highest BCUT2D eigenvalue weighted by Crippen LogP contribution is 2.22. The zero-order valence-corrected chi connectivity index (χ0v) is 9.02. The first kappa shape index (κ1) is 10.4. The Hall–Kier alpha value is -2.17. The fraction of sp³-hybridized carbons (Fsp3) is 0.182. The highest BCUT2D eigenvalue weighted by atomic mass is 16.5. The molecule has 0 aliphatic rings. The van der Waals surface area contributed by atoms with Crippen molar-refractivity contribution in [3.05, 3.63) is 24.0 Å². The Morgan fingerprint density at radius 1 is 1.38 bits per heavy atom. The molecule has 16 heavy (non-hydrogen) atoms. The van der Waals surface area contributed by atoms with Gasteiger partial charge in [-0.15, -0.1) is 0 Å². The quantitative estimate of drug-likeness (QED) is 0.770. The molecule has 0 radical (unpaired) electrons. The first-order chi connectivity index (χ1) is 7.61. The van der Waals surface area contributed by atoms with Gasteiger partial charge in [-0.3, -0.25) is 4.79 Å². The van der Waals surface area contributed by atoms with E-state index in [4.69, 9.17) is 10.5 Å². The third-order valence-electron chi connectivity index (χ3n) is 2.25. The van der Waals surface area contributed by atoms with Crippen molar-refractivity contribution in [2.45, 2.75) is 6.92 Å². The summed E-state index contributed by atoms with van der Waals surface area (Å²) in [5, 5.41) is 0.714. The van der Waals surface area contributed by atoms with Gasteiger partial charge in [0.1, 0.15) is 11.6 Å². The molecule has 82 valence electrons. The smallest absolute Gasteiger partial charge is 0.198 e. The van der Waals surface area contributed by atoms with Crippen molar-refractivity contribution in [1.29, 1.82) is 0 Å². The van der Waals surface area contributed by atoms with Crippen LogP contribution in [0.2, 0.25) is 0 Å². The Bertz CT molecular complexity index is 566. The summed E-state index contributed by atoms with van der Waals surface area (Å²) in [6.07, 6.45) is 0. The number of rotatable bonds is 2. The number of benzene rings is 1. The maximum atomic E-state index is 11.2. The van der Waals surface area contributed by atoms with Crippen LogP contribution in [-0.4, -0.2) is 22.9 Å². The van der Waals surface area contributed by atoms with Crippen LogP contribution in [0.25, 0.3) is 10.9 Å². The molecular weight excluding hydrogens is 206 g/mol. The molecule has 2 N–H and O–H groups in total. The number of ketones is 1. The van der Waals surface area contributed by atoms with Gasteiger partial charge < -0.3 is 10.5 Å². The number of aromatic nitrogens is 2. The Kier molecular flexibility index (Phi) is 2.44. The van der Waals surface area contributed by atoms with Crippen LogP contribution < -0.4 is 10.5 Å². The summed E-state index contributed by atoms with van der Waals surface area (Å²) >= 11 is 0. The number of nitrogens with zero attached hydrogens (tertiary/aromatic N) is 2. The number of Topliss-reactive ketones (excluding diaryl/α,β-unsaturated/α-hetero) is 1. The minimum atomic E-state index is -0.212. The predicted octanol–water partition coefficient (Wildman–Crippen LogP) is 1.42. The number of hydrogen-bond donors (Lipinski definition) is 1. The molecule has 0 saturated carbocycles. The number of nitrogens with two attached hydrogens (primary N) is 1. The molecule has 0 amide bonds. The lowest BCUT2D eigenvalue weighted by molar-refractivity contribution is 0.100. The maximum absolute atomic E-state index is 11.2. The minimum Gasteiger partial charge on any atom is -0.497 e. The van der Waals surface area contributed by atoms with Crippen molar-refractivity contribution in [2.75, 3.05) is 12.8 Å². The van der Waals surface area contributed by atoms with Crippen LogP contribution >= 0.6 is 0 Å². The molecule has 0 bridgehead atoms. The van der Waals surface area contributed by atoms with Gasteiger partial charge in [-0.25, -0.2) is 9.97 Å². The summed E-state index contributed by atoms with van der Waals surface area (Å²) in [6.45, 7) is 1.40. The second-order valence-electron chi connectivity index (χ2n) is 3.37. The SMILES string of the molecule is COc1ccc2c(N)nc(C(C)=O)nc2c1. The molecular formula is C11H11N3O2. The van der Waals surface area contributed by atoms with Crippen LogP contribution in [0.15, 0.2) is 18.2 Å². The van der Waals surface area contributed by atoms with E-state index in [1.165, 1.54) is 6.92 Å². The second-order valence-corrected chi connectivity index (χ2v) is 3.37. The number of fused-ring (bicyclic) bond motifs is 1. The average Bonchev–Trinajstić information content (AvgIpc) is 2.28. The lowest BCUT2D eigenvalue weighted by Crippen LogP contribution is -2.05. The van der Waals surface area contributed by atoms with Crippen molar-refractivity contribution in [3.8, 4) is 5.75 Å². The topological polar surface area (TPSA) is 78.1 Å². The number of hydrogen-bond acceptors (Lipinski definition) is 5. The van der Waals surface area contributed by atoms with Crippen LogP contribution in [-0.2, 0) is 0 Å². The number of carbonyl (C=O) groups excluding carboxylic acids is 1. The van der Waals surface area contributed by atoms with Crippen molar-refractivity contribution in [3.63, 3.8) is 0 Å². The first-order valence-corrected chi connectivity index (χ1v) is 4.74. The standard InChI is InChI=1S/C11H11N3O2/c1-6(15)11-13-9-5-7(16-2)3-4-8(9)10(12)14-11/h3-5H,1-2H3,(H2,12,13,14). The van der Waals surface area contributed by atoms with Crippen LogP contribution in [0.5, 0.6) is 5.75 Å². The third-order valence-corrected chi connectivity index (χ3v) is 2.25. The average molecular weight is 217 g/mol. The Morgan fingerprint density at radius 2 is 2.12 bits per heavy atom. The predicted molar refractivity (Wildman–Crippen MR) is 60.5 cm³/mol. The first-order valence-electron chi connectivity index (χ1n) is 4.74. The van der Waals surface area contributed by atoms with E-state index in [-0.39, 0.29) is 11.6 Å². The molecule has 0 unspecified atom stereocenters. The lowest BCUT2D eigenvalue weighted by Gasteiger charge is -2.05. The van der Waals surface area contributed by atoms with Crippen LogP contribution in [0.4, 0.5) is 5.82 Å². The van der Waals surface area contributed by atoms with Crippen LogP contribution in [0.1, 0.15) is 17.5 Å². The van der Waals surface area contributed by atoms with E-state index in [1.807, 2.05) is 0 Å². The molecule has 0 aliphatic carbocycles. The van der Waals surface area contributed by atoms with Gasteiger partial charge in [0.15, 0.2) is 11.6 Å². The molecule has 0 saturated heterocycles. The zero-order chi connectivity index (χ0) is 11.7. The van der Waals surface area contributed by atoms with Gasteiger partial charge in [0.05, 0.1) is 12.6 Å². The van der Waals surface area contributed by atoms with Gasteiger partial charge >= 0.3 is 0 Å². The van der Waals surface area contributed by atoms with Crippen LogP contribution in [0, 0.1) is 0 Å². The molecule has 1 aromatic heterocycles. The van der Waals surface area contributed by atoms with E-state index >= 15 is 0 Å². The van der Waals surface area contributed by atoms with Crippen molar-refractivity contribution in [2.24, 2.45) is 0 Å². The minimum absolute atomic E-state index is 0.123. The summed E-state index contributed by atoms with van der Waals surface area (Å²) in [5.41, 5.74) is 6.35. The number of anilines is 1. The van der Waals surface area contributed by atoms with Gasteiger partial charge in [0, 0.05) is 18.4 Å². The molecule has 1 aromatic carbocycles. The molecule has 0 spiro atoms. The van der Waals surface area contributed by atoms with E-state index in [0.717, 1.165) is 0 Å². The highest BCUT2D eigenvalue weighted by molar-refractivity contribution is 5.96. The van der Waals surface area contributed by atoms with Gasteiger partial charge in [-0.2, -0.15) is 0 Å². The molecule has 0 atom stereocenters. The Balaban J connectivity index is 2.72. The number of ether oxygens (including phenoxy) is 1. The fourth-order valence-electron chi connectivity index (χ4n) is 1.42. The van der Waals surface area contributed by atoms with E-state index in [2.05, 4.69) is 9.97 Å². The lowest BCUT2D eigenvalue weighted by atomic mass is 10.2. The number of methoxy groups -OCH3 is 1. The van der Waals surface area contributed by atoms with E-state index in [1.54, 1.807) is 25.3 Å². The Labute approximate surface area is 92.3 Å². The van der Waals surface area contributed by atoms with Crippen molar-refractivity contribution >= 4 is 22.5 Å². The van der Waals surface area contributed by atoms with Crippen molar-refractivity contribution in [1.82, 2.24) is 9.97 Å².